The molecule has 4 nitrogen and oxygen atoms in total. The number of ether oxygens (including phenoxy) is 4. The van der Waals surface area contributed by atoms with Crippen LogP contribution in [0.3, 0.4) is 0 Å². The Morgan fingerprint density at radius 1 is 0.700 bits per heavy atom. The first-order valence-corrected chi connectivity index (χ1v) is 7.94. The first kappa shape index (κ1) is 16.2. The van der Waals surface area contributed by atoms with Gasteiger partial charge in [-0.3, -0.25) is 0 Å². The summed E-state index contributed by atoms with van der Waals surface area (Å²) in [5.74, 6) is 0.886. The zero-order chi connectivity index (χ0) is 14.9. The van der Waals surface area contributed by atoms with E-state index in [-0.39, 0.29) is 24.4 Å². The molecule has 0 spiro atoms. The van der Waals surface area contributed by atoms with E-state index in [2.05, 4.69) is 41.5 Å². The van der Waals surface area contributed by atoms with Crippen molar-refractivity contribution in [3.63, 3.8) is 0 Å². The van der Waals surface area contributed by atoms with Crippen molar-refractivity contribution < 1.29 is 18.9 Å². The maximum atomic E-state index is 6.07. The van der Waals surface area contributed by atoms with Crippen LogP contribution < -0.4 is 0 Å². The normalized spacial score (nSPS) is 33.9. The van der Waals surface area contributed by atoms with Gasteiger partial charge in [0.25, 0.3) is 0 Å². The average molecular weight is 286 g/mol. The van der Waals surface area contributed by atoms with Gasteiger partial charge in [0, 0.05) is 0 Å². The van der Waals surface area contributed by atoms with Crippen LogP contribution in [-0.2, 0) is 18.9 Å². The fourth-order valence-electron chi connectivity index (χ4n) is 2.61. The van der Waals surface area contributed by atoms with Crippen LogP contribution in [0.2, 0.25) is 0 Å². The van der Waals surface area contributed by atoms with Crippen LogP contribution >= 0.6 is 0 Å². The molecular formula is C16H30O4. The monoisotopic (exact) mass is 286 g/mol. The van der Waals surface area contributed by atoms with Gasteiger partial charge in [-0.25, -0.2) is 0 Å². The van der Waals surface area contributed by atoms with Crippen molar-refractivity contribution in [1.82, 2.24) is 0 Å². The highest BCUT2D eigenvalue weighted by atomic mass is 16.6. The van der Waals surface area contributed by atoms with E-state index in [1.54, 1.807) is 0 Å². The fourth-order valence-corrected chi connectivity index (χ4v) is 2.61. The quantitative estimate of drug-likeness (QED) is 0.611. The van der Waals surface area contributed by atoms with Gasteiger partial charge >= 0.3 is 0 Å². The summed E-state index contributed by atoms with van der Waals surface area (Å²) in [6, 6.07) is 0. The highest BCUT2D eigenvalue weighted by Crippen LogP contribution is 2.28. The van der Waals surface area contributed by atoms with Gasteiger partial charge in [-0.15, -0.1) is 0 Å². The van der Waals surface area contributed by atoms with E-state index in [0.717, 1.165) is 13.2 Å². The lowest BCUT2D eigenvalue weighted by molar-refractivity contribution is -0.0834. The third kappa shape index (κ3) is 4.42. The van der Waals surface area contributed by atoms with E-state index in [4.69, 9.17) is 18.9 Å². The highest BCUT2D eigenvalue weighted by Gasteiger charge is 2.35. The van der Waals surface area contributed by atoms with Crippen LogP contribution in [-0.4, -0.2) is 49.8 Å². The van der Waals surface area contributed by atoms with Gasteiger partial charge in [-0.05, 0) is 39.5 Å². The molecule has 0 saturated carbocycles. The predicted molar refractivity (Wildman–Crippen MR) is 77.8 cm³/mol. The Morgan fingerprint density at radius 3 is 1.25 bits per heavy atom. The van der Waals surface area contributed by atoms with Crippen molar-refractivity contribution in [3.05, 3.63) is 0 Å². The standard InChI is InChI=1S/C16H30O4/c1-9(11(3)19-13(5)15-7-17-15)10(2)12(4)20-14(6)16-8-18-16/h9-16H,7-8H2,1-6H3. The van der Waals surface area contributed by atoms with E-state index in [9.17, 15) is 0 Å². The summed E-state index contributed by atoms with van der Waals surface area (Å²) in [6.07, 6.45) is 1.41. The van der Waals surface area contributed by atoms with E-state index >= 15 is 0 Å². The van der Waals surface area contributed by atoms with Gasteiger partial charge in [0.2, 0.25) is 0 Å². The molecule has 2 aliphatic rings. The fraction of sp³-hybridized carbons (Fsp3) is 1.00. The van der Waals surface area contributed by atoms with Crippen LogP contribution in [0.15, 0.2) is 0 Å². The molecule has 20 heavy (non-hydrogen) atoms. The average Bonchev–Trinajstić information content (AvgIpc) is 3.28. The molecule has 0 radical (unpaired) electrons. The minimum absolute atomic E-state index is 0.190. The molecule has 0 aromatic carbocycles. The van der Waals surface area contributed by atoms with Gasteiger partial charge in [0.05, 0.1) is 37.6 Å². The summed E-state index contributed by atoms with van der Waals surface area (Å²) in [7, 11) is 0. The second-order valence-electron chi connectivity index (χ2n) is 6.55. The van der Waals surface area contributed by atoms with Crippen LogP contribution in [0.25, 0.3) is 0 Å². The van der Waals surface area contributed by atoms with Crippen LogP contribution in [0.1, 0.15) is 41.5 Å². The number of hydrogen-bond acceptors (Lipinski definition) is 4. The Balaban J connectivity index is 1.74. The molecule has 0 amide bonds. The molecule has 0 aliphatic carbocycles. The van der Waals surface area contributed by atoms with Crippen molar-refractivity contribution in [3.8, 4) is 0 Å². The molecular weight excluding hydrogens is 256 g/mol. The zero-order valence-corrected chi connectivity index (χ0v) is 13.7. The smallest absolute Gasteiger partial charge is 0.107 e. The Morgan fingerprint density at radius 2 is 1.00 bits per heavy atom. The first-order chi connectivity index (χ1) is 9.40. The lowest BCUT2D eigenvalue weighted by atomic mass is 9.87. The Bertz CT molecular complexity index is 271. The molecule has 2 rings (SSSR count). The van der Waals surface area contributed by atoms with Gasteiger partial charge in [0.1, 0.15) is 12.2 Å². The third-order valence-corrected chi connectivity index (χ3v) is 4.93. The van der Waals surface area contributed by atoms with Crippen LogP contribution in [0.5, 0.6) is 0 Å². The molecule has 0 N–H and O–H groups in total. The van der Waals surface area contributed by atoms with Crippen molar-refractivity contribution in [1.29, 1.82) is 0 Å². The van der Waals surface area contributed by atoms with Gasteiger partial charge in [-0.2, -0.15) is 0 Å². The number of epoxide rings is 2. The maximum absolute atomic E-state index is 6.07. The molecule has 118 valence electrons. The predicted octanol–water partition coefficient (Wildman–Crippen LogP) is 2.64. The molecule has 2 fully saturated rings. The maximum Gasteiger partial charge on any atom is 0.107 e. The SMILES string of the molecule is CC(OC(C)C(C)C(C)C(C)OC(C)C1CO1)C1CO1. The molecule has 0 aromatic rings. The molecule has 8 unspecified atom stereocenters. The van der Waals surface area contributed by atoms with Crippen molar-refractivity contribution in [2.45, 2.75) is 78.2 Å². The van der Waals surface area contributed by atoms with Crippen LogP contribution in [0.4, 0.5) is 0 Å². The Labute approximate surface area is 123 Å². The molecule has 0 bridgehead atoms. The molecule has 4 heteroatoms. The van der Waals surface area contributed by atoms with Crippen molar-refractivity contribution in [2.24, 2.45) is 11.8 Å². The third-order valence-electron chi connectivity index (χ3n) is 4.93. The van der Waals surface area contributed by atoms with Gasteiger partial charge in [0.15, 0.2) is 0 Å². The topological polar surface area (TPSA) is 43.5 Å². The second-order valence-corrected chi connectivity index (χ2v) is 6.55. The summed E-state index contributed by atoms with van der Waals surface area (Å²) in [4.78, 5) is 0. The Hall–Kier alpha value is -0.160. The Kier molecular flexibility index (Phi) is 5.46. The summed E-state index contributed by atoms with van der Waals surface area (Å²) >= 11 is 0. The van der Waals surface area contributed by atoms with E-state index in [0.29, 0.717) is 24.0 Å². The molecule has 2 aliphatic heterocycles. The molecule has 8 atom stereocenters. The van der Waals surface area contributed by atoms with Gasteiger partial charge < -0.3 is 18.9 Å². The lowest BCUT2D eigenvalue weighted by Gasteiger charge is -2.33. The van der Waals surface area contributed by atoms with E-state index < -0.39 is 0 Å². The largest absolute Gasteiger partial charge is 0.372 e. The molecule has 2 saturated heterocycles. The zero-order valence-electron chi connectivity index (χ0n) is 13.7. The summed E-state index contributed by atoms with van der Waals surface area (Å²) in [5.41, 5.74) is 0. The summed E-state index contributed by atoms with van der Waals surface area (Å²) in [5, 5.41) is 0. The minimum Gasteiger partial charge on any atom is -0.372 e. The summed E-state index contributed by atoms with van der Waals surface area (Å²) < 4.78 is 22.7. The minimum atomic E-state index is 0.190. The van der Waals surface area contributed by atoms with Gasteiger partial charge in [-0.1, -0.05) is 13.8 Å². The lowest BCUT2D eigenvalue weighted by Crippen LogP contribution is -2.36. The first-order valence-electron chi connectivity index (χ1n) is 7.94. The van der Waals surface area contributed by atoms with E-state index in [1.165, 1.54) is 0 Å². The van der Waals surface area contributed by atoms with Crippen molar-refractivity contribution >= 4 is 0 Å². The van der Waals surface area contributed by atoms with E-state index in [1.807, 2.05) is 0 Å². The van der Waals surface area contributed by atoms with Crippen molar-refractivity contribution in [2.75, 3.05) is 13.2 Å². The highest BCUT2D eigenvalue weighted by molar-refractivity contribution is 4.81. The molecule has 0 aromatic heterocycles. The van der Waals surface area contributed by atoms with Crippen LogP contribution in [0, 0.1) is 11.8 Å². The number of hydrogen-bond donors (Lipinski definition) is 0. The number of rotatable bonds is 9. The molecule has 2 heterocycles. The second kappa shape index (κ2) is 6.73. The summed E-state index contributed by atoms with van der Waals surface area (Å²) in [6.45, 7) is 14.7.